The van der Waals surface area contributed by atoms with Crippen LogP contribution in [-0.2, 0) is 4.79 Å². The lowest BCUT2D eigenvalue weighted by Crippen LogP contribution is -2.40. The Morgan fingerprint density at radius 1 is 1.30 bits per heavy atom. The molecular formula is C15H18ClFN2O. The normalized spacial score (nSPS) is 30.2. The van der Waals surface area contributed by atoms with Crippen LogP contribution >= 0.6 is 11.6 Å². The van der Waals surface area contributed by atoms with Crippen molar-refractivity contribution in [3.8, 4) is 0 Å². The van der Waals surface area contributed by atoms with E-state index in [1.807, 2.05) is 0 Å². The van der Waals surface area contributed by atoms with Crippen molar-refractivity contribution in [1.82, 2.24) is 0 Å². The first-order valence-electron chi connectivity index (χ1n) is 7.04. The van der Waals surface area contributed by atoms with E-state index in [1.54, 1.807) is 11.0 Å². The molecule has 1 aliphatic heterocycles. The van der Waals surface area contributed by atoms with Crippen LogP contribution in [0, 0.1) is 11.2 Å². The number of benzene rings is 1. The minimum Gasteiger partial charge on any atom is -0.328 e. The summed E-state index contributed by atoms with van der Waals surface area (Å²) in [5.41, 5.74) is 6.28. The molecule has 5 heteroatoms. The van der Waals surface area contributed by atoms with Crippen LogP contribution in [0.5, 0.6) is 0 Å². The zero-order chi connectivity index (χ0) is 14.3. The second-order valence-corrected chi connectivity index (χ2v) is 6.33. The second kappa shape index (κ2) is 5.01. The minimum atomic E-state index is -0.385. The van der Waals surface area contributed by atoms with Gasteiger partial charge in [-0.05, 0) is 50.3 Å². The molecule has 0 aromatic heterocycles. The van der Waals surface area contributed by atoms with Crippen molar-refractivity contribution in [2.24, 2.45) is 11.1 Å². The molecule has 1 heterocycles. The van der Waals surface area contributed by atoms with Crippen LogP contribution in [-0.4, -0.2) is 18.5 Å². The van der Waals surface area contributed by atoms with E-state index >= 15 is 0 Å². The number of hydrogen-bond donors (Lipinski definition) is 1. The van der Waals surface area contributed by atoms with Gasteiger partial charge in [0.1, 0.15) is 5.82 Å². The van der Waals surface area contributed by atoms with Crippen LogP contribution in [0.2, 0.25) is 5.02 Å². The molecule has 1 aliphatic carbocycles. The molecule has 0 unspecified atom stereocenters. The number of rotatable bonds is 1. The summed E-state index contributed by atoms with van der Waals surface area (Å²) in [5, 5.41) is 0.294. The summed E-state index contributed by atoms with van der Waals surface area (Å²) in [6, 6.07) is 4.41. The zero-order valence-electron chi connectivity index (χ0n) is 11.2. The maximum atomic E-state index is 13.1. The Labute approximate surface area is 122 Å². The summed E-state index contributed by atoms with van der Waals surface area (Å²) in [4.78, 5) is 14.5. The third-order valence-electron chi connectivity index (χ3n) is 4.70. The quantitative estimate of drug-likeness (QED) is 0.865. The lowest BCUT2D eigenvalue weighted by molar-refractivity contribution is -0.127. The van der Waals surface area contributed by atoms with E-state index in [0.717, 1.165) is 32.1 Å². The molecule has 1 aromatic carbocycles. The fraction of sp³-hybridized carbons (Fsp3) is 0.533. The number of halogens is 2. The van der Waals surface area contributed by atoms with Gasteiger partial charge in [0.25, 0.3) is 0 Å². The van der Waals surface area contributed by atoms with Gasteiger partial charge in [0, 0.05) is 12.6 Å². The summed E-state index contributed by atoms with van der Waals surface area (Å²) in [7, 11) is 0. The molecule has 1 spiro atoms. The van der Waals surface area contributed by atoms with Crippen molar-refractivity contribution < 1.29 is 9.18 Å². The van der Waals surface area contributed by atoms with Crippen molar-refractivity contribution in [3.63, 3.8) is 0 Å². The van der Waals surface area contributed by atoms with Gasteiger partial charge in [-0.15, -0.1) is 0 Å². The van der Waals surface area contributed by atoms with Gasteiger partial charge in [-0.25, -0.2) is 4.39 Å². The molecule has 20 heavy (non-hydrogen) atoms. The molecule has 0 bridgehead atoms. The minimum absolute atomic E-state index is 0.123. The molecular weight excluding hydrogens is 279 g/mol. The number of carbonyl (C=O) groups is 1. The van der Waals surface area contributed by atoms with Crippen molar-refractivity contribution in [1.29, 1.82) is 0 Å². The molecule has 2 fully saturated rings. The molecule has 0 atom stereocenters. The number of nitrogens with two attached hydrogens (primary N) is 1. The largest absolute Gasteiger partial charge is 0.328 e. The Balaban J connectivity index is 1.85. The van der Waals surface area contributed by atoms with Gasteiger partial charge >= 0.3 is 0 Å². The van der Waals surface area contributed by atoms with Gasteiger partial charge in [-0.3, -0.25) is 4.79 Å². The van der Waals surface area contributed by atoms with E-state index < -0.39 is 0 Å². The molecule has 2 N–H and O–H groups in total. The standard InChI is InChI=1S/C15H18ClFN2O/c16-12-9-10(17)1-2-13(12)19-8-7-15(14(19)20)5-3-11(18)4-6-15/h1-2,9,11H,3-8,18H2/t11-,15-. The lowest BCUT2D eigenvalue weighted by atomic mass is 9.71. The van der Waals surface area contributed by atoms with E-state index in [2.05, 4.69) is 0 Å². The topological polar surface area (TPSA) is 46.3 Å². The molecule has 1 aromatic rings. The molecule has 1 saturated heterocycles. The molecule has 0 radical (unpaired) electrons. The van der Waals surface area contributed by atoms with Gasteiger partial charge in [0.05, 0.1) is 16.1 Å². The maximum absolute atomic E-state index is 13.1. The van der Waals surface area contributed by atoms with Gasteiger partial charge in [0.15, 0.2) is 0 Å². The van der Waals surface area contributed by atoms with Crippen LogP contribution in [0.4, 0.5) is 10.1 Å². The van der Waals surface area contributed by atoms with Crippen LogP contribution < -0.4 is 10.6 Å². The van der Waals surface area contributed by atoms with Gasteiger partial charge in [-0.1, -0.05) is 11.6 Å². The highest BCUT2D eigenvalue weighted by Crippen LogP contribution is 2.46. The highest BCUT2D eigenvalue weighted by atomic mass is 35.5. The molecule has 2 aliphatic rings. The van der Waals surface area contributed by atoms with Crippen LogP contribution in [0.25, 0.3) is 0 Å². The Hall–Kier alpha value is -1.13. The van der Waals surface area contributed by atoms with Gasteiger partial charge < -0.3 is 10.6 Å². The lowest BCUT2D eigenvalue weighted by Gasteiger charge is -2.34. The van der Waals surface area contributed by atoms with Crippen molar-refractivity contribution in [3.05, 3.63) is 29.0 Å². The van der Waals surface area contributed by atoms with E-state index in [9.17, 15) is 9.18 Å². The van der Waals surface area contributed by atoms with Gasteiger partial charge in [-0.2, -0.15) is 0 Å². The number of hydrogen-bond acceptors (Lipinski definition) is 2. The number of amides is 1. The van der Waals surface area contributed by atoms with Crippen molar-refractivity contribution in [2.45, 2.75) is 38.1 Å². The van der Waals surface area contributed by atoms with E-state index in [0.29, 0.717) is 17.3 Å². The number of carbonyl (C=O) groups excluding carboxylic acids is 1. The summed E-state index contributed by atoms with van der Waals surface area (Å²) in [5.74, 6) is -0.262. The first-order chi connectivity index (χ1) is 9.52. The number of nitrogens with zero attached hydrogens (tertiary/aromatic N) is 1. The zero-order valence-corrected chi connectivity index (χ0v) is 12.0. The van der Waals surface area contributed by atoms with Crippen molar-refractivity contribution in [2.75, 3.05) is 11.4 Å². The average Bonchev–Trinajstić information content (AvgIpc) is 2.72. The first kappa shape index (κ1) is 13.8. The van der Waals surface area contributed by atoms with Crippen LogP contribution in [0.15, 0.2) is 18.2 Å². The fourth-order valence-corrected chi connectivity index (χ4v) is 3.68. The highest BCUT2D eigenvalue weighted by molar-refractivity contribution is 6.34. The van der Waals surface area contributed by atoms with Crippen LogP contribution in [0.1, 0.15) is 32.1 Å². The Morgan fingerprint density at radius 2 is 2.00 bits per heavy atom. The Bertz CT molecular complexity index is 541. The monoisotopic (exact) mass is 296 g/mol. The third-order valence-corrected chi connectivity index (χ3v) is 5.00. The highest BCUT2D eigenvalue weighted by Gasteiger charge is 2.48. The Morgan fingerprint density at radius 3 is 2.65 bits per heavy atom. The predicted octanol–water partition coefficient (Wildman–Crippen LogP) is 3.10. The summed E-state index contributed by atoms with van der Waals surface area (Å²) in [6.45, 7) is 0.652. The summed E-state index contributed by atoms with van der Waals surface area (Å²) < 4.78 is 13.1. The SMILES string of the molecule is N[C@H]1CC[C@@]2(CCN(c3ccc(F)cc3Cl)C2=O)CC1. The molecule has 3 rings (SSSR count). The second-order valence-electron chi connectivity index (χ2n) is 5.92. The third kappa shape index (κ3) is 2.21. The maximum Gasteiger partial charge on any atom is 0.233 e. The molecule has 1 amide bonds. The average molecular weight is 297 g/mol. The molecule has 1 saturated carbocycles. The summed E-state index contributed by atoms with van der Waals surface area (Å²) >= 11 is 6.07. The van der Waals surface area contributed by atoms with Gasteiger partial charge in [0.2, 0.25) is 5.91 Å². The molecule has 108 valence electrons. The smallest absolute Gasteiger partial charge is 0.233 e. The van der Waals surface area contributed by atoms with Crippen LogP contribution in [0.3, 0.4) is 0 Å². The van der Waals surface area contributed by atoms with E-state index in [4.69, 9.17) is 17.3 Å². The predicted molar refractivity (Wildman–Crippen MR) is 77.3 cm³/mol. The van der Waals surface area contributed by atoms with Crippen molar-refractivity contribution >= 4 is 23.2 Å². The van der Waals surface area contributed by atoms with E-state index in [-0.39, 0.29) is 23.2 Å². The van der Waals surface area contributed by atoms with E-state index in [1.165, 1.54) is 12.1 Å². The Kier molecular flexibility index (Phi) is 3.46. The summed E-state index contributed by atoms with van der Waals surface area (Å²) in [6.07, 6.45) is 4.34. The number of anilines is 1. The molecule has 3 nitrogen and oxygen atoms in total. The first-order valence-corrected chi connectivity index (χ1v) is 7.42. The fourth-order valence-electron chi connectivity index (χ4n) is 3.41.